The molecular formula is C71H116Br4F6N12O6S. The molecule has 11 rings (SSSR count). The van der Waals surface area contributed by atoms with E-state index in [0.29, 0.717) is 37.9 Å². The van der Waals surface area contributed by atoms with Crippen molar-refractivity contribution in [3.63, 3.8) is 0 Å². The Morgan fingerprint density at radius 3 is 1.14 bits per heavy atom. The van der Waals surface area contributed by atoms with Crippen molar-refractivity contribution in [2.45, 2.75) is 209 Å². The number of carbonyl (C=O) groups is 3. The second-order valence-corrected chi connectivity index (χ2v) is 35.0. The number of rotatable bonds is 3. The van der Waals surface area contributed by atoms with Crippen molar-refractivity contribution in [1.82, 2.24) is 47.2 Å². The molecule has 0 aliphatic carbocycles. The Balaban J connectivity index is 0.00000118. The van der Waals surface area contributed by atoms with Crippen LogP contribution in [0.2, 0.25) is 0 Å². The van der Waals surface area contributed by atoms with E-state index in [9.17, 15) is 49.1 Å². The van der Waals surface area contributed by atoms with Gasteiger partial charge in [0.2, 0.25) is 10.0 Å². The molecule has 100 heavy (non-hydrogen) atoms. The summed E-state index contributed by atoms with van der Waals surface area (Å²) in [5.74, 6) is -1.15. The largest absolute Gasteiger partial charge is 0.471 e. The Kier molecular flexibility index (Phi) is 36.0. The molecule has 6 aromatic heterocycles. The van der Waals surface area contributed by atoms with Gasteiger partial charge in [0, 0.05) is 90.9 Å². The zero-order valence-corrected chi connectivity index (χ0v) is 63.5. The minimum atomic E-state index is -4.73. The van der Waals surface area contributed by atoms with E-state index < -0.39 is 45.3 Å². The Morgan fingerprint density at radius 1 is 0.460 bits per heavy atom. The summed E-state index contributed by atoms with van der Waals surface area (Å²) in [6.07, 6.45) is 10.5. The van der Waals surface area contributed by atoms with Gasteiger partial charge in [-0.25, -0.2) is 28.2 Å². The molecule has 11 heterocycles. The topological polar surface area (TPSA) is 166 Å². The summed E-state index contributed by atoms with van der Waals surface area (Å²) < 4.78 is 114. The molecule has 0 aromatic carbocycles. The van der Waals surface area contributed by atoms with Gasteiger partial charge in [-0.15, -0.1) is 0 Å². The van der Waals surface area contributed by atoms with Crippen molar-refractivity contribution < 1.29 is 53.9 Å². The van der Waals surface area contributed by atoms with E-state index in [4.69, 9.17) is 4.74 Å². The number of aromatic nitrogens is 6. The number of halogens is 10. The number of fused-ring (bicyclic) bond motifs is 3. The van der Waals surface area contributed by atoms with E-state index >= 15 is 0 Å². The van der Waals surface area contributed by atoms with E-state index in [1.54, 1.807) is 17.0 Å². The average molecular weight is 1700 g/mol. The molecule has 0 spiro atoms. The smallest absolute Gasteiger partial charge is 0.444 e. The van der Waals surface area contributed by atoms with Gasteiger partial charge in [-0.3, -0.25) is 22.8 Å². The number of carbonyl (C=O) groups excluding carboxylic acids is 3. The van der Waals surface area contributed by atoms with Crippen LogP contribution in [0, 0.1) is 21.7 Å². The number of piperidine rings is 4. The number of likely N-dealkylation sites (tertiary alicyclic amines) is 3. The van der Waals surface area contributed by atoms with Crippen molar-refractivity contribution in [3.8, 4) is 0 Å². The van der Waals surface area contributed by atoms with Gasteiger partial charge in [0.15, 0.2) is 0 Å². The highest BCUT2D eigenvalue weighted by molar-refractivity contribution is 9.11. The Labute approximate surface area is 627 Å². The SMILES string of the molecule is Brc1cc(Br)n2cncc2c1.C.C.C.C.C.C.CC1(C)CCCN(C(=O)C(F)(F)F)C1.CC1(C)CCCN(C(=O)C(F)(F)F)C1.CC1(C)CCCN(C(=O)OC(C)(C)C)C1.CC1(C)CCCN(c2cc(Br)cc3cncn23)C1.CC1(C)CN(c2cc(Br)cc3cncn23)CCN1S(C)(=O)=O. The summed E-state index contributed by atoms with van der Waals surface area (Å²) in [5, 5.41) is 0. The molecule has 18 nitrogen and oxygen atoms in total. The van der Waals surface area contributed by atoms with Gasteiger partial charge in [-0.05, 0) is 160 Å². The highest BCUT2D eigenvalue weighted by Gasteiger charge is 2.46. The van der Waals surface area contributed by atoms with Gasteiger partial charge in [-0.1, -0.05) is 148 Å². The quantitative estimate of drug-likeness (QED) is 0.122. The first-order chi connectivity index (χ1) is 43.1. The summed E-state index contributed by atoms with van der Waals surface area (Å²) in [6, 6.07) is 12.3. The predicted octanol–water partition coefficient (Wildman–Crippen LogP) is 19.8. The normalized spacial score (nSPS) is 18.4. The lowest BCUT2D eigenvalue weighted by atomic mass is 9.84. The van der Waals surface area contributed by atoms with Gasteiger partial charge in [-0.2, -0.15) is 30.6 Å². The van der Waals surface area contributed by atoms with Crippen molar-refractivity contribution in [1.29, 1.82) is 0 Å². The molecule has 5 saturated heterocycles. The second-order valence-electron chi connectivity index (χ2n) is 29.5. The van der Waals surface area contributed by atoms with Gasteiger partial charge < -0.3 is 29.2 Å². The van der Waals surface area contributed by atoms with Crippen molar-refractivity contribution in [3.05, 3.63) is 92.0 Å². The molecule has 572 valence electrons. The summed E-state index contributed by atoms with van der Waals surface area (Å²) in [4.78, 5) is 54.4. The first-order valence-corrected chi connectivity index (χ1v) is 36.4. The monoisotopic (exact) mass is 1690 g/mol. The number of ether oxygens (including phenoxy) is 1. The molecule has 0 atom stereocenters. The fraction of sp³-hybridized carbons (Fsp3) is 0.662. The van der Waals surface area contributed by atoms with Crippen LogP contribution in [0.25, 0.3) is 16.6 Å². The van der Waals surface area contributed by atoms with Crippen LogP contribution >= 0.6 is 63.7 Å². The van der Waals surface area contributed by atoms with Crippen LogP contribution in [0.15, 0.2) is 92.0 Å². The molecule has 5 fully saturated rings. The number of piperazine rings is 1. The standard InChI is InChI=1S/C14H19BrN4O2S.C14H18BrN3.C12H23NO2.2C9H14F3NO.C7H4Br2N2.6CH4/c1-14(2)9-17(4-5-19(14)22(3,20)21)13-7-11(15)6-12-8-16-10-18(12)13;1-14(2)4-3-5-17(9-14)13-7-11(15)6-12-8-16-10-18(12)13;1-11(2,3)15-10(14)13-8-6-7-12(4,5)9-13;2*1-8(2)4-3-5-13(6-8)7(14)9(10,11)12;8-5-1-6-3-10-4-11(6)7(9)2-5;;;;;;/h6-8,10H,4-5,9H2,1-3H3;6-8,10H,3-5,9H2,1-2H3;6-9H2,1-5H3;2*3-6H2,1-2H3;1-4H;6*1H4. The van der Waals surface area contributed by atoms with Crippen LogP contribution in [0.5, 0.6) is 0 Å². The van der Waals surface area contributed by atoms with Gasteiger partial charge in [0.1, 0.15) is 36.2 Å². The molecule has 5 aliphatic heterocycles. The number of imidazole rings is 3. The number of pyridine rings is 3. The van der Waals surface area contributed by atoms with Gasteiger partial charge in [0.05, 0.1) is 46.0 Å². The molecular weight excluding hydrogens is 1580 g/mol. The minimum Gasteiger partial charge on any atom is -0.444 e. The maximum Gasteiger partial charge on any atom is 0.471 e. The minimum absolute atomic E-state index is 0. The number of hydrogen-bond donors (Lipinski definition) is 0. The lowest BCUT2D eigenvalue weighted by Gasteiger charge is -2.46. The highest BCUT2D eigenvalue weighted by Crippen LogP contribution is 2.37. The zero-order valence-electron chi connectivity index (χ0n) is 56.4. The Hall–Kier alpha value is -4.71. The third-order valence-electron chi connectivity index (χ3n) is 16.6. The maximum atomic E-state index is 12.1. The summed E-state index contributed by atoms with van der Waals surface area (Å²) >= 11 is 13.9. The van der Waals surface area contributed by atoms with Crippen LogP contribution in [0.4, 0.5) is 42.8 Å². The fourth-order valence-corrected chi connectivity index (χ4v) is 16.0. The lowest BCUT2D eigenvalue weighted by Crippen LogP contribution is -2.61. The number of amides is 3. The lowest BCUT2D eigenvalue weighted by molar-refractivity contribution is -0.188. The third-order valence-corrected chi connectivity index (χ3v) is 20.0. The first kappa shape index (κ1) is 95.3. The van der Waals surface area contributed by atoms with E-state index in [0.717, 1.165) is 95.6 Å². The average Bonchev–Trinajstić information content (AvgIpc) is 1.17. The van der Waals surface area contributed by atoms with Crippen molar-refractivity contribution >= 4 is 120 Å². The zero-order chi connectivity index (χ0) is 70.4. The van der Waals surface area contributed by atoms with Crippen molar-refractivity contribution in [2.75, 3.05) is 88.0 Å². The van der Waals surface area contributed by atoms with Gasteiger partial charge >= 0.3 is 30.3 Å². The summed E-state index contributed by atoms with van der Waals surface area (Å²) in [7, 11) is -3.20. The van der Waals surface area contributed by atoms with Crippen LogP contribution in [0.1, 0.15) is 186 Å². The van der Waals surface area contributed by atoms with Gasteiger partial charge in [0.25, 0.3) is 0 Å². The third kappa shape index (κ3) is 28.1. The van der Waals surface area contributed by atoms with Crippen LogP contribution in [-0.2, 0) is 24.3 Å². The van der Waals surface area contributed by atoms with E-state index in [-0.39, 0.29) is 93.1 Å². The molecule has 6 aromatic rings. The fourth-order valence-electron chi connectivity index (χ4n) is 12.4. The van der Waals surface area contributed by atoms with Crippen LogP contribution in [-0.4, -0.2) is 175 Å². The highest BCUT2D eigenvalue weighted by atomic mass is 79.9. The molecule has 5 aliphatic rings. The maximum absolute atomic E-state index is 12.1. The Bertz CT molecular complexity index is 3630. The molecule has 0 unspecified atom stereocenters. The number of sulfonamides is 1. The molecule has 0 radical (unpaired) electrons. The molecule has 29 heteroatoms. The molecule has 0 N–H and O–H groups in total. The summed E-state index contributed by atoms with van der Waals surface area (Å²) in [6.45, 7) is 32.7. The molecule has 0 saturated carbocycles. The van der Waals surface area contributed by atoms with E-state index in [1.165, 1.54) is 31.3 Å². The molecule has 3 amide bonds. The van der Waals surface area contributed by atoms with Crippen molar-refractivity contribution in [2.24, 2.45) is 21.7 Å². The number of nitrogens with zero attached hydrogens (tertiary/aromatic N) is 12. The van der Waals surface area contributed by atoms with E-state index in [1.807, 2.05) is 125 Å². The number of alkyl halides is 6. The molecule has 0 bridgehead atoms. The Morgan fingerprint density at radius 2 is 0.790 bits per heavy atom. The predicted molar refractivity (Wildman–Crippen MR) is 412 cm³/mol. The number of hydrogen-bond acceptors (Lipinski definition) is 11. The van der Waals surface area contributed by atoms with Crippen LogP contribution in [0.3, 0.4) is 0 Å². The number of anilines is 2. The first-order valence-electron chi connectivity index (χ1n) is 31.3. The van der Waals surface area contributed by atoms with Crippen LogP contribution < -0.4 is 9.80 Å². The second kappa shape index (κ2) is 37.8. The van der Waals surface area contributed by atoms with E-state index in [2.05, 4.69) is 133 Å². The summed E-state index contributed by atoms with van der Waals surface area (Å²) in [5.41, 5.74) is 2.61.